The maximum absolute atomic E-state index is 3.60. The number of nitrogens with zero attached hydrogens (tertiary/aromatic N) is 1. The molecule has 1 aliphatic heterocycles. The van der Waals surface area contributed by atoms with Crippen molar-refractivity contribution in [2.45, 2.75) is 17.7 Å². The van der Waals surface area contributed by atoms with Gasteiger partial charge in [-0.2, -0.15) is 0 Å². The molecule has 2 aromatic rings. The lowest BCUT2D eigenvalue weighted by atomic mass is 9.99. The Labute approximate surface area is 137 Å². The van der Waals surface area contributed by atoms with Gasteiger partial charge in [0.05, 0.1) is 0 Å². The van der Waals surface area contributed by atoms with Crippen LogP contribution in [0.25, 0.3) is 0 Å². The van der Waals surface area contributed by atoms with Crippen molar-refractivity contribution in [3.05, 3.63) is 64.1 Å². The second-order valence-electron chi connectivity index (χ2n) is 5.25. The van der Waals surface area contributed by atoms with Crippen LogP contribution < -0.4 is 4.90 Å². The Balaban J connectivity index is 1.81. The molecule has 2 aromatic carbocycles. The van der Waals surface area contributed by atoms with Crippen LogP contribution in [-0.4, -0.2) is 13.1 Å². The van der Waals surface area contributed by atoms with E-state index in [2.05, 4.69) is 85.3 Å². The summed E-state index contributed by atoms with van der Waals surface area (Å²) in [6, 6.07) is 17.4. The molecule has 0 N–H and O–H groups in total. The summed E-state index contributed by atoms with van der Waals surface area (Å²) in [5, 5.41) is 0.897. The lowest BCUT2D eigenvalue weighted by Crippen LogP contribution is -2.20. The van der Waals surface area contributed by atoms with E-state index in [1.165, 1.54) is 23.2 Å². The molecular formula is C17H17Br2N. The predicted octanol–water partition coefficient (Wildman–Crippen LogP) is 5.34. The zero-order valence-corrected chi connectivity index (χ0v) is 14.4. The van der Waals surface area contributed by atoms with Crippen LogP contribution in [0.15, 0.2) is 53.0 Å². The van der Waals surface area contributed by atoms with Crippen LogP contribution in [0.4, 0.5) is 5.69 Å². The summed E-state index contributed by atoms with van der Waals surface area (Å²) >= 11 is 7.16. The molecule has 1 unspecified atom stereocenters. The van der Waals surface area contributed by atoms with E-state index in [1.54, 1.807) is 0 Å². The Morgan fingerprint density at radius 1 is 1.10 bits per heavy atom. The first-order valence-corrected chi connectivity index (χ1v) is 8.83. The molecule has 0 aromatic heterocycles. The Bertz CT molecular complexity index is 583. The van der Waals surface area contributed by atoms with Gasteiger partial charge in [-0.1, -0.05) is 62.2 Å². The van der Waals surface area contributed by atoms with Crippen molar-refractivity contribution in [1.29, 1.82) is 0 Å². The van der Waals surface area contributed by atoms with Crippen LogP contribution in [0.1, 0.15) is 23.5 Å². The number of hydrogen-bond acceptors (Lipinski definition) is 1. The molecule has 0 aliphatic carbocycles. The lowest BCUT2D eigenvalue weighted by Gasteiger charge is -2.22. The van der Waals surface area contributed by atoms with Gasteiger partial charge in [-0.3, -0.25) is 0 Å². The first kappa shape index (κ1) is 14.2. The molecule has 3 rings (SSSR count). The topological polar surface area (TPSA) is 3.24 Å². The molecule has 1 saturated heterocycles. The minimum absolute atomic E-state index is 0.656. The number of anilines is 1. The maximum Gasteiger partial charge on any atom is 0.0408 e. The highest BCUT2D eigenvalue weighted by Crippen LogP contribution is 2.34. The van der Waals surface area contributed by atoms with Gasteiger partial charge in [0, 0.05) is 34.5 Å². The summed E-state index contributed by atoms with van der Waals surface area (Å²) in [5.74, 6) is 0.656. The molecule has 1 atom stereocenters. The van der Waals surface area contributed by atoms with Crippen molar-refractivity contribution in [1.82, 2.24) is 0 Å². The Morgan fingerprint density at radius 3 is 2.65 bits per heavy atom. The van der Waals surface area contributed by atoms with E-state index in [9.17, 15) is 0 Å². The smallest absolute Gasteiger partial charge is 0.0408 e. The number of rotatable bonds is 3. The van der Waals surface area contributed by atoms with E-state index >= 15 is 0 Å². The predicted molar refractivity (Wildman–Crippen MR) is 92.8 cm³/mol. The fourth-order valence-corrected chi connectivity index (χ4v) is 3.80. The van der Waals surface area contributed by atoms with Gasteiger partial charge in [-0.25, -0.2) is 0 Å². The third-order valence-corrected chi connectivity index (χ3v) is 5.08. The highest BCUT2D eigenvalue weighted by Gasteiger charge is 2.25. The number of hydrogen-bond donors (Lipinski definition) is 0. The van der Waals surface area contributed by atoms with Crippen molar-refractivity contribution >= 4 is 37.5 Å². The minimum atomic E-state index is 0.656. The molecular weight excluding hydrogens is 378 g/mol. The molecule has 1 fully saturated rings. The van der Waals surface area contributed by atoms with E-state index in [0.29, 0.717) is 5.92 Å². The molecule has 104 valence electrons. The molecule has 20 heavy (non-hydrogen) atoms. The second kappa shape index (κ2) is 6.31. The van der Waals surface area contributed by atoms with Crippen LogP contribution >= 0.6 is 31.9 Å². The minimum Gasteiger partial charge on any atom is -0.371 e. The average molecular weight is 395 g/mol. The van der Waals surface area contributed by atoms with E-state index in [4.69, 9.17) is 0 Å². The highest BCUT2D eigenvalue weighted by molar-refractivity contribution is 9.10. The molecule has 0 spiro atoms. The molecule has 1 heterocycles. The summed E-state index contributed by atoms with van der Waals surface area (Å²) in [7, 11) is 0. The Morgan fingerprint density at radius 2 is 1.90 bits per heavy atom. The molecule has 1 aliphatic rings. The standard InChI is InChI=1S/C17H17Br2N/c18-11-15-10-16(19)6-7-17(15)20-9-8-14(12-20)13-4-2-1-3-5-13/h1-7,10,14H,8-9,11-12H2. The van der Waals surface area contributed by atoms with Crippen LogP contribution in [0.3, 0.4) is 0 Å². The summed E-state index contributed by atoms with van der Waals surface area (Å²) in [5.41, 5.74) is 4.18. The van der Waals surface area contributed by atoms with E-state index in [-0.39, 0.29) is 0 Å². The van der Waals surface area contributed by atoms with Crippen molar-refractivity contribution < 1.29 is 0 Å². The molecule has 3 heteroatoms. The van der Waals surface area contributed by atoms with Crippen LogP contribution in [0.2, 0.25) is 0 Å². The Hall–Kier alpha value is -0.800. The van der Waals surface area contributed by atoms with Gasteiger partial charge < -0.3 is 4.90 Å². The zero-order valence-electron chi connectivity index (χ0n) is 11.2. The lowest BCUT2D eigenvalue weighted by molar-refractivity contribution is 0.775. The van der Waals surface area contributed by atoms with Gasteiger partial charge in [-0.15, -0.1) is 0 Å². The van der Waals surface area contributed by atoms with Crippen molar-refractivity contribution in [2.24, 2.45) is 0 Å². The van der Waals surface area contributed by atoms with Gasteiger partial charge in [0.15, 0.2) is 0 Å². The Kier molecular flexibility index (Phi) is 4.47. The first-order chi connectivity index (χ1) is 9.78. The van der Waals surface area contributed by atoms with E-state index in [1.807, 2.05) is 0 Å². The average Bonchev–Trinajstić information content (AvgIpc) is 2.97. The number of benzene rings is 2. The first-order valence-electron chi connectivity index (χ1n) is 6.92. The fourth-order valence-electron chi connectivity index (χ4n) is 2.95. The van der Waals surface area contributed by atoms with Crippen LogP contribution in [0.5, 0.6) is 0 Å². The van der Waals surface area contributed by atoms with Crippen molar-refractivity contribution in [3.63, 3.8) is 0 Å². The van der Waals surface area contributed by atoms with Gasteiger partial charge in [0.2, 0.25) is 0 Å². The van der Waals surface area contributed by atoms with Crippen molar-refractivity contribution in [2.75, 3.05) is 18.0 Å². The largest absolute Gasteiger partial charge is 0.371 e. The van der Waals surface area contributed by atoms with Crippen LogP contribution in [-0.2, 0) is 5.33 Å². The fraction of sp³-hybridized carbons (Fsp3) is 0.294. The number of halogens is 2. The normalized spacial score (nSPS) is 18.5. The SMILES string of the molecule is BrCc1cc(Br)ccc1N1CCC(c2ccccc2)C1. The van der Waals surface area contributed by atoms with Crippen molar-refractivity contribution in [3.8, 4) is 0 Å². The monoisotopic (exact) mass is 393 g/mol. The van der Waals surface area contributed by atoms with Gasteiger partial charge >= 0.3 is 0 Å². The molecule has 1 nitrogen and oxygen atoms in total. The summed E-state index contributed by atoms with van der Waals surface area (Å²) < 4.78 is 1.15. The van der Waals surface area contributed by atoms with E-state index < -0.39 is 0 Å². The third-order valence-electron chi connectivity index (χ3n) is 3.99. The van der Waals surface area contributed by atoms with Crippen LogP contribution in [0, 0.1) is 0 Å². The van der Waals surface area contributed by atoms with Gasteiger partial charge in [0.25, 0.3) is 0 Å². The zero-order chi connectivity index (χ0) is 13.9. The third kappa shape index (κ3) is 2.94. The molecule has 0 amide bonds. The summed E-state index contributed by atoms with van der Waals surface area (Å²) in [6.07, 6.45) is 1.24. The number of alkyl halides is 1. The highest BCUT2D eigenvalue weighted by atomic mass is 79.9. The second-order valence-corrected chi connectivity index (χ2v) is 6.73. The van der Waals surface area contributed by atoms with Gasteiger partial charge in [0.1, 0.15) is 0 Å². The quantitative estimate of drug-likeness (QED) is 0.635. The molecule has 0 radical (unpaired) electrons. The summed E-state index contributed by atoms with van der Waals surface area (Å²) in [4.78, 5) is 2.51. The maximum atomic E-state index is 3.60. The summed E-state index contributed by atoms with van der Waals surface area (Å²) in [6.45, 7) is 2.26. The van der Waals surface area contributed by atoms with Gasteiger partial charge in [-0.05, 0) is 35.7 Å². The van der Waals surface area contributed by atoms with E-state index in [0.717, 1.165) is 22.9 Å². The molecule has 0 bridgehead atoms. The molecule has 0 saturated carbocycles.